The molecular formula is C12H14I2N2O2. The van der Waals surface area contributed by atoms with Gasteiger partial charge >= 0.3 is 0 Å². The smallest absolute Gasteiger partial charge is 0.271 e. The molecule has 18 heavy (non-hydrogen) atoms. The maximum atomic E-state index is 11.8. The number of phenolic OH excluding ortho intramolecular Hbond substituents is 1. The molecule has 0 fully saturated rings. The zero-order valence-electron chi connectivity index (χ0n) is 9.91. The van der Waals surface area contributed by atoms with Crippen LogP contribution < -0.4 is 5.43 Å². The molecule has 0 bridgehead atoms. The largest absolute Gasteiger partial charge is 0.506 e. The van der Waals surface area contributed by atoms with Crippen molar-refractivity contribution in [2.75, 3.05) is 0 Å². The van der Waals surface area contributed by atoms with Crippen LogP contribution in [0.25, 0.3) is 0 Å². The van der Waals surface area contributed by atoms with Crippen molar-refractivity contribution in [3.05, 3.63) is 24.8 Å². The number of carbonyl (C=O) groups excluding carboxylic acids is 1. The fraction of sp³-hybridized carbons (Fsp3) is 0.333. The number of hydrazone groups is 1. The van der Waals surface area contributed by atoms with Crippen LogP contribution in [0.2, 0.25) is 0 Å². The number of hydrogen-bond donors (Lipinski definition) is 2. The van der Waals surface area contributed by atoms with Crippen LogP contribution in [0, 0.1) is 7.14 Å². The summed E-state index contributed by atoms with van der Waals surface area (Å²) >= 11 is 3.98. The van der Waals surface area contributed by atoms with Crippen LogP contribution >= 0.6 is 45.2 Å². The van der Waals surface area contributed by atoms with Gasteiger partial charge in [0, 0.05) is 11.8 Å². The predicted molar refractivity (Wildman–Crippen MR) is 89.0 cm³/mol. The van der Waals surface area contributed by atoms with E-state index >= 15 is 0 Å². The highest BCUT2D eigenvalue weighted by Gasteiger charge is 2.10. The van der Waals surface area contributed by atoms with Gasteiger partial charge in [0.25, 0.3) is 5.91 Å². The average molecular weight is 472 g/mol. The Morgan fingerprint density at radius 1 is 1.44 bits per heavy atom. The molecule has 0 radical (unpaired) electrons. The number of aromatic hydroxyl groups is 1. The molecule has 98 valence electrons. The molecule has 6 heteroatoms. The highest BCUT2D eigenvalue weighted by molar-refractivity contribution is 14.1. The molecule has 0 atom stereocenters. The van der Waals surface area contributed by atoms with Crippen LogP contribution in [-0.4, -0.2) is 17.2 Å². The third-order valence-corrected chi connectivity index (χ3v) is 3.87. The third-order valence-electron chi connectivity index (χ3n) is 2.22. The maximum Gasteiger partial charge on any atom is 0.271 e. The van der Waals surface area contributed by atoms with E-state index in [4.69, 9.17) is 0 Å². The number of nitrogens with zero attached hydrogens (tertiary/aromatic N) is 1. The van der Waals surface area contributed by atoms with Gasteiger partial charge < -0.3 is 5.11 Å². The Balaban J connectivity index is 2.65. The Labute approximate surface area is 134 Å². The van der Waals surface area contributed by atoms with E-state index in [-0.39, 0.29) is 11.7 Å². The van der Waals surface area contributed by atoms with Crippen LogP contribution in [-0.2, 0) is 0 Å². The average Bonchev–Trinajstić information content (AvgIpc) is 2.34. The van der Waals surface area contributed by atoms with Gasteiger partial charge in [-0.05, 0) is 70.2 Å². The molecular weight excluding hydrogens is 458 g/mol. The van der Waals surface area contributed by atoms with E-state index in [0.717, 1.165) is 19.3 Å². The summed E-state index contributed by atoms with van der Waals surface area (Å²) in [6.07, 6.45) is 4.74. The van der Waals surface area contributed by atoms with Crippen LogP contribution in [0.5, 0.6) is 5.75 Å². The highest BCUT2D eigenvalue weighted by atomic mass is 127. The number of hydrogen-bond acceptors (Lipinski definition) is 3. The summed E-state index contributed by atoms with van der Waals surface area (Å²) in [6.45, 7) is 2.10. The number of unbranched alkanes of at least 4 members (excludes halogenated alkanes) is 2. The first kappa shape index (κ1) is 15.7. The molecule has 2 N–H and O–H groups in total. The van der Waals surface area contributed by atoms with Crippen molar-refractivity contribution in [2.45, 2.75) is 26.2 Å². The summed E-state index contributed by atoms with van der Waals surface area (Å²) in [4.78, 5) is 11.8. The minimum absolute atomic E-state index is 0.208. The van der Waals surface area contributed by atoms with Gasteiger partial charge in [0.05, 0.1) is 7.14 Å². The molecule has 1 amide bonds. The molecule has 0 heterocycles. The molecule has 0 saturated carbocycles. The van der Waals surface area contributed by atoms with E-state index in [1.54, 1.807) is 18.3 Å². The number of rotatable bonds is 5. The van der Waals surface area contributed by atoms with E-state index in [1.807, 2.05) is 45.2 Å². The van der Waals surface area contributed by atoms with E-state index in [2.05, 4.69) is 17.5 Å². The summed E-state index contributed by atoms with van der Waals surface area (Å²) < 4.78 is 1.30. The lowest BCUT2D eigenvalue weighted by molar-refractivity contribution is 0.0955. The molecule has 0 aliphatic rings. The van der Waals surface area contributed by atoms with Crippen LogP contribution in [0.15, 0.2) is 17.2 Å². The van der Waals surface area contributed by atoms with Gasteiger partial charge in [-0.15, -0.1) is 0 Å². The minimum atomic E-state index is -0.265. The Kier molecular flexibility index (Phi) is 6.90. The minimum Gasteiger partial charge on any atom is -0.506 e. The SMILES string of the molecule is CCCC/C=N/NC(=O)c1cc(I)c(O)c(I)c1. The first-order valence-electron chi connectivity index (χ1n) is 5.56. The number of amides is 1. The summed E-state index contributed by atoms with van der Waals surface area (Å²) in [5.41, 5.74) is 2.97. The second kappa shape index (κ2) is 7.93. The summed E-state index contributed by atoms with van der Waals surface area (Å²) in [5.74, 6) is -0.0576. The number of phenols is 1. The Hall–Kier alpha value is -0.380. The van der Waals surface area contributed by atoms with E-state index in [9.17, 15) is 9.90 Å². The molecule has 4 nitrogen and oxygen atoms in total. The first-order chi connectivity index (χ1) is 8.56. The normalized spacial score (nSPS) is 10.8. The van der Waals surface area contributed by atoms with Crippen molar-refractivity contribution >= 4 is 57.3 Å². The second-order valence-electron chi connectivity index (χ2n) is 3.68. The van der Waals surface area contributed by atoms with E-state index in [1.165, 1.54) is 0 Å². The van der Waals surface area contributed by atoms with Crippen molar-refractivity contribution in [1.29, 1.82) is 0 Å². The Morgan fingerprint density at radius 2 is 2.06 bits per heavy atom. The van der Waals surface area contributed by atoms with Crippen LogP contribution in [0.1, 0.15) is 36.5 Å². The lowest BCUT2D eigenvalue weighted by Crippen LogP contribution is -2.17. The number of carbonyl (C=O) groups is 1. The van der Waals surface area contributed by atoms with Crippen LogP contribution in [0.3, 0.4) is 0 Å². The number of benzene rings is 1. The molecule has 1 aromatic carbocycles. The van der Waals surface area contributed by atoms with Gasteiger partial charge in [0.15, 0.2) is 0 Å². The molecule has 0 aliphatic heterocycles. The van der Waals surface area contributed by atoms with Gasteiger partial charge in [0.1, 0.15) is 5.75 Å². The topological polar surface area (TPSA) is 61.7 Å². The van der Waals surface area contributed by atoms with Gasteiger partial charge in [-0.1, -0.05) is 13.3 Å². The second-order valence-corrected chi connectivity index (χ2v) is 6.01. The van der Waals surface area contributed by atoms with Crippen molar-refractivity contribution in [3.63, 3.8) is 0 Å². The van der Waals surface area contributed by atoms with Gasteiger partial charge in [-0.25, -0.2) is 5.43 Å². The van der Waals surface area contributed by atoms with E-state index in [0.29, 0.717) is 12.7 Å². The van der Waals surface area contributed by atoms with E-state index < -0.39 is 0 Å². The molecule has 0 aromatic heterocycles. The molecule has 0 spiro atoms. The summed E-state index contributed by atoms with van der Waals surface area (Å²) in [5, 5.41) is 13.5. The number of halogens is 2. The quantitative estimate of drug-likeness (QED) is 0.299. The highest BCUT2D eigenvalue weighted by Crippen LogP contribution is 2.27. The first-order valence-corrected chi connectivity index (χ1v) is 7.72. The Bertz CT molecular complexity index is 438. The van der Waals surface area contributed by atoms with Crippen molar-refractivity contribution in [1.82, 2.24) is 5.43 Å². The molecule has 1 aromatic rings. The lowest BCUT2D eigenvalue weighted by Gasteiger charge is -2.04. The number of nitrogens with one attached hydrogen (secondary N) is 1. The van der Waals surface area contributed by atoms with Crippen molar-refractivity contribution < 1.29 is 9.90 Å². The molecule has 0 saturated heterocycles. The van der Waals surface area contributed by atoms with Crippen molar-refractivity contribution in [3.8, 4) is 5.75 Å². The third kappa shape index (κ3) is 4.71. The fourth-order valence-corrected chi connectivity index (χ4v) is 2.99. The Morgan fingerprint density at radius 3 is 2.61 bits per heavy atom. The standard InChI is InChI=1S/C12H14I2N2O2/c1-2-3-4-5-15-16-12(18)8-6-9(13)11(17)10(14)7-8/h5-7,17H,2-4H2,1H3,(H,16,18)/b15-5+. The summed E-state index contributed by atoms with van der Waals surface area (Å²) in [7, 11) is 0. The maximum absolute atomic E-state index is 11.8. The van der Waals surface area contributed by atoms with Crippen LogP contribution in [0.4, 0.5) is 0 Å². The zero-order chi connectivity index (χ0) is 13.5. The fourth-order valence-electron chi connectivity index (χ4n) is 1.23. The van der Waals surface area contributed by atoms with Crippen molar-refractivity contribution in [2.24, 2.45) is 5.10 Å². The molecule has 0 unspecified atom stereocenters. The zero-order valence-corrected chi connectivity index (χ0v) is 14.2. The van der Waals surface area contributed by atoms with Gasteiger partial charge in [0.2, 0.25) is 0 Å². The molecule has 0 aliphatic carbocycles. The van der Waals surface area contributed by atoms with Gasteiger partial charge in [-0.3, -0.25) is 4.79 Å². The molecule has 1 rings (SSSR count). The summed E-state index contributed by atoms with van der Waals surface area (Å²) in [6, 6.07) is 3.27. The monoisotopic (exact) mass is 472 g/mol. The lowest BCUT2D eigenvalue weighted by atomic mass is 10.2. The van der Waals surface area contributed by atoms with Gasteiger partial charge in [-0.2, -0.15) is 5.10 Å². The predicted octanol–water partition coefficient (Wildman–Crippen LogP) is 3.51.